The summed E-state index contributed by atoms with van der Waals surface area (Å²) in [7, 11) is 0. The monoisotopic (exact) mass is 345 g/mol. The predicted octanol–water partition coefficient (Wildman–Crippen LogP) is 0.635. The smallest absolute Gasteiger partial charge is 0.314 e. The number of nitrogens with two attached hydrogens (primary N) is 1. The van der Waals surface area contributed by atoms with E-state index in [1.807, 2.05) is 6.07 Å². The number of hydrogen-bond donors (Lipinski definition) is 2. The molecule has 1 saturated carbocycles. The summed E-state index contributed by atoms with van der Waals surface area (Å²) in [5.74, 6) is -1.76. The fourth-order valence-corrected chi connectivity index (χ4v) is 4.24. The summed E-state index contributed by atoms with van der Waals surface area (Å²) in [4.78, 5) is 2.94. The van der Waals surface area contributed by atoms with E-state index in [1.165, 1.54) is 0 Å². The summed E-state index contributed by atoms with van der Waals surface area (Å²) in [5.41, 5.74) is 4.42. The summed E-state index contributed by atoms with van der Waals surface area (Å²) in [6.45, 7) is 4.20. The molecular weight excluding hydrogens is 328 g/mol. The van der Waals surface area contributed by atoms with Crippen molar-refractivity contribution in [2.45, 2.75) is 25.7 Å². The van der Waals surface area contributed by atoms with Gasteiger partial charge in [-0.1, -0.05) is 23.7 Å². The van der Waals surface area contributed by atoms with Crippen molar-refractivity contribution in [3.8, 4) is 12.1 Å². The van der Waals surface area contributed by atoms with Gasteiger partial charge in [0, 0.05) is 10.9 Å². The van der Waals surface area contributed by atoms with Crippen molar-refractivity contribution in [1.29, 1.82) is 10.5 Å². The van der Waals surface area contributed by atoms with Crippen LogP contribution in [-0.4, -0.2) is 25.0 Å². The van der Waals surface area contributed by atoms with Gasteiger partial charge in [-0.2, -0.15) is 10.5 Å². The van der Waals surface area contributed by atoms with Gasteiger partial charge in [0.15, 0.2) is 10.8 Å². The summed E-state index contributed by atoms with van der Waals surface area (Å²) in [5, 5.41) is 20.5. The molecule has 1 aromatic carbocycles. The Morgan fingerprint density at radius 1 is 1.25 bits per heavy atom. The van der Waals surface area contributed by atoms with Gasteiger partial charge in [-0.05, 0) is 31.5 Å². The van der Waals surface area contributed by atoms with Gasteiger partial charge in [0.2, 0.25) is 0 Å². The van der Waals surface area contributed by atoms with Crippen LogP contribution in [-0.2, 0) is 9.47 Å². The number of hydrogen-bond acceptors (Lipinski definition) is 5. The van der Waals surface area contributed by atoms with E-state index in [1.54, 1.807) is 32.0 Å². The number of halogens is 1. The molecule has 0 bridgehead atoms. The zero-order valence-corrected chi connectivity index (χ0v) is 14.2. The third-order valence-corrected chi connectivity index (χ3v) is 5.11. The highest BCUT2D eigenvalue weighted by atomic mass is 35.5. The van der Waals surface area contributed by atoms with E-state index in [-0.39, 0.29) is 5.84 Å². The van der Waals surface area contributed by atoms with Gasteiger partial charge < -0.3 is 9.47 Å². The molecule has 0 saturated heterocycles. The molecule has 6 nitrogen and oxygen atoms in total. The molecule has 3 rings (SSSR count). The Morgan fingerprint density at radius 3 is 2.42 bits per heavy atom. The summed E-state index contributed by atoms with van der Waals surface area (Å²) >= 11 is 6.10. The third kappa shape index (κ3) is 1.68. The molecular formula is C17H18ClN4O2+. The van der Waals surface area contributed by atoms with Crippen molar-refractivity contribution < 1.29 is 14.5 Å². The van der Waals surface area contributed by atoms with Crippen LogP contribution < -0.4 is 10.7 Å². The highest BCUT2D eigenvalue weighted by Crippen LogP contribution is 2.78. The van der Waals surface area contributed by atoms with E-state index in [9.17, 15) is 10.5 Å². The van der Waals surface area contributed by atoms with Crippen LogP contribution in [0.25, 0.3) is 0 Å². The standard InChI is InChI=1S/C17H17ClN4O2/c1-3-23-17(24-4-2)16(10-20)13(11-6-5-7-12(18)8-11)15(16,9-19)14(21)22-17/h5-8,13H,3-4H2,1-2H3,(H2,21,22)/p+1/t13-,15-,16-/m1/s1. The highest BCUT2D eigenvalue weighted by Gasteiger charge is 2.97. The number of nitriles is 2. The number of benzene rings is 1. The third-order valence-electron chi connectivity index (χ3n) is 4.88. The molecule has 1 heterocycles. The summed E-state index contributed by atoms with van der Waals surface area (Å²) in [6.07, 6.45) is 0. The Labute approximate surface area is 145 Å². The second kappa shape index (κ2) is 5.46. The first-order valence-corrected chi connectivity index (χ1v) is 8.14. The average Bonchev–Trinajstić information content (AvgIpc) is 3.14. The van der Waals surface area contributed by atoms with Gasteiger partial charge in [-0.3, -0.25) is 5.73 Å². The number of nitrogens with zero attached hydrogens (tertiary/aromatic N) is 2. The topological polar surface area (TPSA) is 106 Å². The largest absolute Gasteiger partial charge is 0.343 e. The van der Waals surface area contributed by atoms with Crippen molar-refractivity contribution >= 4 is 17.4 Å². The normalized spacial score (nSPS) is 32.4. The van der Waals surface area contributed by atoms with Crippen LogP contribution in [0, 0.1) is 33.5 Å². The van der Waals surface area contributed by atoms with Crippen LogP contribution >= 0.6 is 11.6 Å². The Hall–Kier alpha value is -2.12. The van der Waals surface area contributed by atoms with Crippen LogP contribution in [0.15, 0.2) is 24.3 Å². The molecule has 24 heavy (non-hydrogen) atoms. The first-order chi connectivity index (χ1) is 11.5. The van der Waals surface area contributed by atoms with Gasteiger partial charge in [0.1, 0.15) is 0 Å². The van der Waals surface area contributed by atoms with E-state index in [2.05, 4.69) is 17.1 Å². The molecule has 3 N–H and O–H groups in total. The second-order valence-electron chi connectivity index (χ2n) is 5.85. The molecule has 1 fully saturated rings. The maximum atomic E-state index is 10.1. The lowest BCUT2D eigenvalue weighted by molar-refractivity contribution is -0.693. The average molecular weight is 346 g/mol. The zero-order valence-electron chi connectivity index (χ0n) is 13.5. The molecule has 0 radical (unpaired) electrons. The number of ether oxygens (including phenoxy) is 2. The molecule has 0 unspecified atom stereocenters. The van der Waals surface area contributed by atoms with Crippen molar-refractivity contribution in [2.75, 3.05) is 13.2 Å². The Bertz CT molecular complexity index is 791. The van der Waals surface area contributed by atoms with Gasteiger partial charge in [0.25, 0.3) is 5.84 Å². The Balaban J connectivity index is 2.23. The predicted molar refractivity (Wildman–Crippen MR) is 86.4 cm³/mol. The Kier molecular flexibility index (Phi) is 3.80. The molecule has 1 aromatic rings. The number of amidine groups is 1. The van der Waals surface area contributed by atoms with E-state index in [4.69, 9.17) is 26.8 Å². The molecule has 2 aliphatic rings. The van der Waals surface area contributed by atoms with Crippen LogP contribution in [0.1, 0.15) is 25.3 Å². The number of rotatable bonds is 5. The van der Waals surface area contributed by atoms with E-state index in [0.29, 0.717) is 18.2 Å². The van der Waals surface area contributed by atoms with Gasteiger partial charge >= 0.3 is 5.91 Å². The first-order valence-electron chi connectivity index (χ1n) is 7.76. The van der Waals surface area contributed by atoms with Gasteiger partial charge in [-0.15, -0.1) is 0 Å². The second-order valence-corrected chi connectivity index (χ2v) is 6.29. The molecule has 3 atom stereocenters. The van der Waals surface area contributed by atoms with Crippen LogP contribution in [0.4, 0.5) is 0 Å². The molecule has 0 aromatic heterocycles. The first kappa shape index (κ1) is 16.7. The lowest BCUT2D eigenvalue weighted by atomic mass is 9.93. The fourth-order valence-electron chi connectivity index (χ4n) is 4.04. The minimum Gasteiger partial charge on any atom is -0.314 e. The van der Waals surface area contributed by atoms with Crippen LogP contribution in [0.5, 0.6) is 0 Å². The number of nitrogens with one attached hydrogen (secondary N) is 1. The summed E-state index contributed by atoms with van der Waals surface area (Å²) < 4.78 is 11.6. The van der Waals surface area contributed by atoms with E-state index in [0.717, 1.165) is 5.56 Å². The molecule has 1 aliphatic heterocycles. The van der Waals surface area contributed by atoms with E-state index < -0.39 is 22.7 Å². The minimum atomic E-state index is -1.46. The van der Waals surface area contributed by atoms with E-state index >= 15 is 0 Å². The van der Waals surface area contributed by atoms with Crippen molar-refractivity contribution in [3.05, 3.63) is 34.9 Å². The molecule has 7 heteroatoms. The van der Waals surface area contributed by atoms with Crippen molar-refractivity contribution in [2.24, 2.45) is 16.6 Å². The minimum absolute atomic E-state index is 0.193. The fraction of sp³-hybridized carbons (Fsp3) is 0.471. The molecule has 124 valence electrons. The zero-order chi connectivity index (χ0) is 17.6. The van der Waals surface area contributed by atoms with Crippen LogP contribution in [0.3, 0.4) is 0 Å². The summed E-state index contributed by atoms with van der Waals surface area (Å²) in [6, 6.07) is 11.6. The van der Waals surface area contributed by atoms with Gasteiger partial charge in [-0.25, -0.2) is 4.99 Å². The lowest BCUT2D eigenvalue weighted by Crippen LogP contribution is -2.91. The Morgan fingerprint density at radius 2 is 1.92 bits per heavy atom. The quantitative estimate of drug-likeness (QED) is 0.761. The molecule has 1 aliphatic carbocycles. The van der Waals surface area contributed by atoms with Crippen LogP contribution in [0.2, 0.25) is 5.02 Å². The SMILES string of the molecule is CCOC1(OCC)[NH+]=C(N)[C@@]2(C#N)[C@@H](c3cccc(Cl)c3)[C@@]12C#N. The maximum absolute atomic E-state index is 10.1. The lowest BCUT2D eigenvalue weighted by Gasteiger charge is -2.29. The van der Waals surface area contributed by atoms with Crippen molar-refractivity contribution in [3.63, 3.8) is 0 Å². The van der Waals surface area contributed by atoms with Crippen molar-refractivity contribution in [1.82, 2.24) is 0 Å². The molecule has 0 amide bonds. The molecule has 0 spiro atoms. The highest BCUT2D eigenvalue weighted by molar-refractivity contribution is 6.30. The van der Waals surface area contributed by atoms with Gasteiger partial charge in [0.05, 0.1) is 25.4 Å². The number of fused-ring (bicyclic) bond motifs is 1. The maximum Gasteiger partial charge on any atom is 0.343 e.